The second kappa shape index (κ2) is 13.4. The van der Waals surface area contributed by atoms with Crippen LogP contribution in [0, 0.1) is 5.82 Å². The summed E-state index contributed by atoms with van der Waals surface area (Å²) in [5, 5.41) is 3.81. The molecule has 0 aliphatic carbocycles. The number of nitrogens with one attached hydrogen (secondary N) is 1. The lowest BCUT2D eigenvalue weighted by molar-refractivity contribution is -0.130. The molecule has 0 saturated carbocycles. The van der Waals surface area contributed by atoms with Crippen molar-refractivity contribution in [3.05, 3.63) is 82.8 Å². The zero-order chi connectivity index (χ0) is 33.3. The number of benzene rings is 2. The van der Waals surface area contributed by atoms with E-state index in [9.17, 15) is 18.0 Å². The summed E-state index contributed by atoms with van der Waals surface area (Å²) in [6, 6.07) is 12.6. The van der Waals surface area contributed by atoms with Gasteiger partial charge in [0.2, 0.25) is 5.88 Å². The van der Waals surface area contributed by atoms with Crippen LogP contribution in [0.1, 0.15) is 30.9 Å². The lowest BCUT2D eigenvalue weighted by Crippen LogP contribution is -2.56. The summed E-state index contributed by atoms with van der Waals surface area (Å²) in [7, 11) is -2.51. The fraction of sp³-hybridized carbons (Fsp3) is 0.406. The van der Waals surface area contributed by atoms with Crippen LogP contribution in [0.3, 0.4) is 0 Å². The first-order chi connectivity index (χ1) is 22.6. The van der Waals surface area contributed by atoms with E-state index in [4.69, 9.17) is 21.2 Å². The second-order valence-electron chi connectivity index (χ2n) is 11.7. The lowest BCUT2D eigenvalue weighted by atomic mass is 9.84. The number of ether oxygens (including phenoxy) is 1. The molecule has 6 rings (SSSR count). The molecule has 1 unspecified atom stereocenters. The van der Waals surface area contributed by atoms with Crippen LogP contribution in [0.2, 0.25) is 5.02 Å². The predicted molar refractivity (Wildman–Crippen MR) is 172 cm³/mol. The van der Waals surface area contributed by atoms with Gasteiger partial charge in [-0.2, -0.15) is 4.31 Å². The van der Waals surface area contributed by atoms with Crippen LogP contribution in [0.4, 0.5) is 14.9 Å². The van der Waals surface area contributed by atoms with Crippen molar-refractivity contribution in [2.75, 3.05) is 57.2 Å². The van der Waals surface area contributed by atoms with Gasteiger partial charge in [0.15, 0.2) is 5.54 Å². The smallest absolute Gasteiger partial charge is 0.427 e. The highest BCUT2D eigenvalue weighted by Gasteiger charge is 2.59. The third-order valence-corrected chi connectivity index (χ3v) is 10.9. The van der Waals surface area contributed by atoms with Crippen LogP contribution in [-0.2, 0) is 25.2 Å². The molecule has 12 nitrogen and oxygen atoms in total. The Morgan fingerprint density at radius 2 is 1.74 bits per heavy atom. The zero-order valence-corrected chi connectivity index (χ0v) is 27.6. The van der Waals surface area contributed by atoms with Gasteiger partial charge in [0.1, 0.15) is 5.82 Å². The van der Waals surface area contributed by atoms with Crippen LogP contribution in [-0.4, -0.2) is 99.2 Å². The average molecular weight is 687 g/mol. The first kappa shape index (κ1) is 33.1. The molecule has 1 N–H and O–H groups in total. The van der Waals surface area contributed by atoms with E-state index in [-0.39, 0.29) is 39.2 Å². The Hall–Kier alpha value is -3.82. The molecule has 3 aliphatic heterocycles. The van der Waals surface area contributed by atoms with Crippen molar-refractivity contribution in [3.63, 3.8) is 0 Å². The Balaban J connectivity index is 1.37. The highest BCUT2D eigenvalue weighted by molar-refractivity contribution is 7.93. The summed E-state index contributed by atoms with van der Waals surface area (Å²) < 4.78 is 49.4. The topological polar surface area (TPSA) is 125 Å². The number of carbonyl (C=O) groups is 2. The van der Waals surface area contributed by atoms with Gasteiger partial charge in [-0.1, -0.05) is 29.8 Å². The van der Waals surface area contributed by atoms with Crippen molar-refractivity contribution in [1.29, 1.82) is 0 Å². The summed E-state index contributed by atoms with van der Waals surface area (Å²) in [5.74, 6) is -2.11. The molecule has 2 saturated heterocycles. The molecular weight excluding hydrogens is 651 g/mol. The third-order valence-electron chi connectivity index (χ3n) is 8.88. The fourth-order valence-corrected chi connectivity index (χ4v) is 8.11. The number of aromatic nitrogens is 1. The minimum Gasteiger partial charge on any atom is -0.478 e. The first-order valence-electron chi connectivity index (χ1n) is 15.5. The maximum Gasteiger partial charge on any atom is 0.427 e. The molecule has 0 radical (unpaired) electrons. The standard InChI is InChI=1S/C32H36ClFN6O6S/c1-3-45-29-24(10-7-13-35-29)32(36-31(42)46-39-14-11-22(12-15-39)38-18-16-37(2)17-19-38)25-20-26(33)27(34)21-28(25)40(30(32)41)47(43,44)23-8-5-4-6-9-23/h4-10,13,20-22H,3,11-12,14-19H2,1-2H3,(H,36,42). The molecule has 250 valence electrons. The number of piperidine rings is 1. The number of hydrogen-bond acceptors (Lipinski definition) is 10. The van der Waals surface area contributed by atoms with Crippen molar-refractivity contribution >= 4 is 39.3 Å². The molecule has 4 heterocycles. The second-order valence-corrected chi connectivity index (χ2v) is 13.9. The Bertz CT molecular complexity index is 1750. The average Bonchev–Trinajstić information content (AvgIpc) is 3.30. The number of rotatable bonds is 8. The van der Waals surface area contributed by atoms with E-state index in [1.54, 1.807) is 13.0 Å². The first-order valence-corrected chi connectivity index (χ1v) is 17.3. The summed E-state index contributed by atoms with van der Waals surface area (Å²) in [4.78, 5) is 43.1. The number of amides is 2. The molecule has 1 aromatic heterocycles. The number of hydroxylamine groups is 2. The van der Waals surface area contributed by atoms with E-state index < -0.39 is 33.4 Å². The molecule has 1 atom stereocenters. The van der Waals surface area contributed by atoms with Crippen LogP contribution in [0.25, 0.3) is 0 Å². The summed E-state index contributed by atoms with van der Waals surface area (Å²) >= 11 is 6.25. The van der Waals surface area contributed by atoms with Crippen LogP contribution >= 0.6 is 11.6 Å². The fourth-order valence-electron chi connectivity index (χ4n) is 6.47. The highest BCUT2D eigenvalue weighted by atomic mass is 35.5. The minimum absolute atomic E-state index is 0.0206. The van der Waals surface area contributed by atoms with Gasteiger partial charge in [-0.15, -0.1) is 5.06 Å². The van der Waals surface area contributed by atoms with Crippen molar-refractivity contribution in [2.24, 2.45) is 0 Å². The number of piperazine rings is 1. The van der Waals surface area contributed by atoms with Crippen molar-refractivity contribution in [1.82, 2.24) is 25.2 Å². The minimum atomic E-state index is -4.62. The van der Waals surface area contributed by atoms with E-state index in [0.29, 0.717) is 23.4 Å². The molecule has 15 heteroatoms. The number of pyridine rings is 1. The van der Waals surface area contributed by atoms with Gasteiger partial charge in [0.05, 0.1) is 27.8 Å². The van der Waals surface area contributed by atoms with Gasteiger partial charge in [-0.3, -0.25) is 15.0 Å². The van der Waals surface area contributed by atoms with Crippen LogP contribution in [0.5, 0.6) is 5.88 Å². The number of carbonyl (C=O) groups excluding carboxylic acids is 2. The Labute approximate surface area is 278 Å². The van der Waals surface area contributed by atoms with Crippen molar-refractivity contribution in [3.8, 4) is 5.88 Å². The molecule has 2 fully saturated rings. The summed E-state index contributed by atoms with van der Waals surface area (Å²) in [6.45, 7) is 6.73. The van der Waals surface area contributed by atoms with Gasteiger partial charge >= 0.3 is 6.09 Å². The van der Waals surface area contributed by atoms with E-state index in [1.807, 2.05) is 0 Å². The van der Waals surface area contributed by atoms with Crippen LogP contribution in [0.15, 0.2) is 65.7 Å². The Morgan fingerprint density at radius 3 is 2.43 bits per heavy atom. The van der Waals surface area contributed by atoms with E-state index in [0.717, 1.165) is 51.2 Å². The maximum absolute atomic E-state index is 15.0. The van der Waals surface area contributed by atoms with E-state index in [1.165, 1.54) is 47.7 Å². The number of nitrogens with zero attached hydrogens (tertiary/aromatic N) is 5. The number of hydrogen-bond donors (Lipinski definition) is 1. The molecule has 2 amide bonds. The van der Waals surface area contributed by atoms with Gasteiger partial charge in [-0.05, 0) is 57.1 Å². The number of likely N-dealkylation sites (N-methyl/N-ethyl adjacent to an activating group) is 1. The largest absolute Gasteiger partial charge is 0.478 e. The molecule has 0 bridgehead atoms. The summed E-state index contributed by atoms with van der Waals surface area (Å²) in [6.07, 6.45) is 1.97. The van der Waals surface area contributed by atoms with Crippen molar-refractivity contribution < 1.29 is 32.0 Å². The molecule has 3 aromatic rings. The molecular formula is C32H36ClFN6O6S. The normalized spacial score (nSPS) is 21.4. The number of fused-ring (bicyclic) bond motifs is 1. The van der Waals surface area contributed by atoms with Gasteiger partial charge in [-0.25, -0.2) is 22.6 Å². The predicted octanol–water partition coefficient (Wildman–Crippen LogP) is 3.60. The highest BCUT2D eigenvalue weighted by Crippen LogP contribution is 2.50. The van der Waals surface area contributed by atoms with Gasteiger partial charge in [0.25, 0.3) is 15.9 Å². The Kier molecular flexibility index (Phi) is 9.40. The summed E-state index contributed by atoms with van der Waals surface area (Å²) in [5.41, 5.74) is -2.66. The monoisotopic (exact) mass is 686 g/mol. The zero-order valence-electron chi connectivity index (χ0n) is 26.1. The molecule has 47 heavy (non-hydrogen) atoms. The van der Waals surface area contributed by atoms with E-state index in [2.05, 4.69) is 27.1 Å². The number of anilines is 1. The molecule has 3 aliphatic rings. The third kappa shape index (κ3) is 6.16. The number of sulfonamides is 1. The van der Waals surface area contributed by atoms with Gasteiger partial charge < -0.3 is 14.5 Å². The SMILES string of the molecule is CCOc1ncccc1C1(NC(=O)ON2CCC(N3CCN(C)CC3)CC2)C(=O)N(S(=O)(=O)c2ccccc2)c2cc(F)c(Cl)cc21. The van der Waals surface area contributed by atoms with Gasteiger partial charge in [0, 0.05) is 63.1 Å². The lowest BCUT2D eigenvalue weighted by Gasteiger charge is -2.41. The number of halogens is 2. The maximum atomic E-state index is 15.0. The quantitative estimate of drug-likeness (QED) is 0.376. The Morgan fingerprint density at radius 1 is 1.04 bits per heavy atom. The van der Waals surface area contributed by atoms with Crippen molar-refractivity contribution in [2.45, 2.75) is 36.2 Å². The van der Waals surface area contributed by atoms with E-state index >= 15 is 4.39 Å². The molecule has 0 spiro atoms. The molecule has 2 aromatic carbocycles. The van der Waals surface area contributed by atoms with Crippen LogP contribution < -0.4 is 14.4 Å².